The lowest BCUT2D eigenvalue weighted by atomic mass is 10.1. The van der Waals surface area contributed by atoms with E-state index in [0.717, 1.165) is 38.5 Å². The molecule has 2 saturated heterocycles. The molecule has 3 heterocycles. The van der Waals surface area contributed by atoms with E-state index in [0.29, 0.717) is 12.0 Å². The van der Waals surface area contributed by atoms with Crippen LogP contribution >= 0.6 is 0 Å². The summed E-state index contributed by atoms with van der Waals surface area (Å²) in [7, 11) is 0. The predicted octanol–water partition coefficient (Wildman–Crippen LogP) is 0.316. The van der Waals surface area contributed by atoms with Crippen LogP contribution in [-0.4, -0.2) is 41.1 Å². The molecule has 0 bridgehead atoms. The van der Waals surface area contributed by atoms with Crippen molar-refractivity contribution in [2.75, 3.05) is 26.3 Å². The second-order valence-corrected chi connectivity index (χ2v) is 4.30. The number of rotatable bonds is 2. The average molecular weight is 208 g/mol. The summed E-state index contributed by atoms with van der Waals surface area (Å²) in [5.74, 6) is 1.56. The Morgan fingerprint density at radius 2 is 2.47 bits per heavy atom. The summed E-state index contributed by atoms with van der Waals surface area (Å²) in [4.78, 5) is 0. The number of nitrogens with zero attached hydrogens (tertiary/aromatic N) is 3. The summed E-state index contributed by atoms with van der Waals surface area (Å²) in [6.07, 6.45) is 4.13. The van der Waals surface area contributed by atoms with Crippen LogP contribution < -0.4 is 5.32 Å². The largest absolute Gasteiger partial charge is 0.381 e. The highest BCUT2D eigenvalue weighted by molar-refractivity contribution is 5.01. The van der Waals surface area contributed by atoms with Crippen molar-refractivity contribution in [1.82, 2.24) is 20.1 Å². The predicted molar refractivity (Wildman–Crippen MR) is 54.7 cm³/mol. The molecule has 15 heavy (non-hydrogen) atoms. The third-order valence-corrected chi connectivity index (χ3v) is 3.32. The summed E-state index contributed by atoms with van der Waals surface area (Å²) in [6.45, 7) is 3.81. The Bertz CT molecular complexity index is 295. The molecule has 5 nitrogen and oxygen atoms in total. The SMILES string of the molecule is c1nnc(C2CCOC2)n1C1CCNC1. The lowest BCUT2D eigenvalue weighted by molar-refractivity contribution is 0.192. The second-order valence-electron chi connectivity index (χ2n) is 4.30. The first-order valence-corrected chi connectivity index (χ1v) is 5.63. The summed E-state index contributed by atoms with van der Waals surface area (Å²) < 4.78 is 7.64. The van der Waals surface area contributed by atoms with Gasteiger partial charge in [-0.25, -0.2) is 0 Å². The monoisotopic (exact) mass is 208 g/mol. The van der Waals surface area contributed by atoms with Crippen LogP contribution in [0, 0.1) is 0 Å². The minimum Gasteiger partial charge on any atom is -0.381 e. The maximum absolute atomic E-state index is 5.40. The standard InChI is InChI=1S/C10H16N4O/c1-3-11-5-9(1)14-7-12-13-10(14)8-2-4-15-6-8/h7-9,11H,1-6H2. The van der Waals surface area contributed by atoms with E-state index in [2.05, 4.69) is 20.1 Å². The lowest BCUT2D eigenvalue weighted by Gasteiger charge is -2.15. The van der Waals surface area contributed by atoms with E-state index in [1.165, 1.54) is 6.42 Å². The molecule has 2 atom stereocenters. The van der Waals surface area contributed by atoms with E-state index in [1.54, 1.807) is 0 Å². The van der Waals surface area contributed by atoms with Gasteiger partial charge in [0.25, 0.3) is 0 Å². The van der Waals surface area contributed by atoms with E-state index < -0.39 is 0 Å². The Labute approximate surface area is 88.8 Å². The third kappa shape index (κ3) is 1.66. The summed E-state index contributed by atoms with van der Waals surface area (Å²) in [6, 6.07) is 0.538. The fourth-order valence-corrected chi connectivity index (χ4v) is 2.44. The summed E-state index contributed by atoms with van der Waals surface area (Å²) in [5.41, 5.74) is 0. The van der Waals surface area contributed by atoms with E-state index in [9.17, 15) is 0 Å². The Morgan fingerprint density at radius 3 is 3.20 bits per heavy atom. The molecule has 1 aromatic heterocycles. The summed E-state index contributed by atoms with van der Waals surface area (Å²) in [5, 5.41) is 11.7. The van der Waals surface area contributed by atoms with E-state index >= 15 is 0 Å². The highest BCUT2D eigenvalue weighted by atomic mass is 16.5. The van der Waals surface area contributed by atoms with Crippen molar-refractivity contribution in [3.8, 4) is 0 Å². The third-order valence-electron chi connectivity index (χ3n) is 3.32. The molecule has 0 aliphatic carbocycles. The molecule has 1 N–H and O–H groups in total. The molecule has 2 aliphatic heterocycles. The first kappa shape index (κ1) is 9.30. The molecule has 0 saturated carbocycles. The van der Waals surface area contributed by atoms with Crippen LogP contribution in [-0.2, 0) is 4.74 Å². The lowest BCUT2D eigenvalue weighted by Crippen LogP contribution is -2.17. The molecule has 0 radical (unpaired) electrons. The van der Waals surface area contributed by atoms with E-state index in [-0.39, 0.29) is 0 Å². The maximum Gasteiger partial charge on any atom is 0.138 e. The average Bonchev–Trinajstić information content (AvgIpc) is 3.01. The quantitative estimate of drug-likeness (QED) is 0.760. The fourth-order valence-electron chi connectivity index (χ4n) is 2.44. The number of hydrogen-bond acceptors (Lipinski definition) is 4. The summed E-state index contributed by atoms with van der Waals surface area (Å²) >= 11 is 0. The Morgan fingerprint density at radius 1 is 1.47 bits per heavy atom. The normalized spacial score (nSPS) is 31.2. The van der Waals surface area contributed by atoms with Crippen molar-refractivity contribution < 1.29 is 4.74 Å². The van der Waals surface area contributed by atoms with Crippen LogP contribution in [0.5, 0.6) is 0 Å². The molecule has 2 fully saturated rings. The molecule has 2 unspecified atom stereocenters. The van der Waals surface area contributed by atoms with Crippen LogP contribution in [0.4, 0.5) is 0 Å². The molecule has 1 aromatic rings. The van der Waals surface area contributed by atoms with Crippen molar-refractivity contribution in [1.29, 1.82) is 0 Å². The minimum atomic E-state index is 0.452. The minimum absolute atomic E-state index is 0.452. The Balaban J connectivity index is 1.84. The van der Waals surface area contributed by atoms with Crippen molar-refractivity contribution in [2.24, 2.45) is 0 Å². The van der Waals surface area contributed by atoms with Gasteiger partial charge in [-0.1, -0.05) is 0 Å². The highest BCUT2D eigenvalue weighted by Gasteiger charge is 2.26. The van der Waals surface area contributed by atoms with Gasteiger partial charge >= 0.3 is 0 Å². The molecule has 0 aromatic carbocycles. The highest BCUT2D eigenvalue weighted by Crippen LogP contribution is 2.26. The fraction of sp³-hybridized carbons (Fsp3) is 0.800. The second kappa shape index (κ2) is 3.90. The molecule has 5 heteroatoms. The zero-order chi connectivity index (χ0) is 10.1. The van der Waals surface area contributed by atoms with Gasteiger partial charge in [0, 0.05) is 25.1 Å². The van der Waals surface area contributed by atoms with Crippen molar-refractivity contribution >= 4 is 0 Å². The van der Waals surface area contributed by atoms with Gasteiger partial charge in [0.1, 0.15) is 12.2 Å². The van der Waals surface area contributed by atoms with Crippen LogP contribution in [0.1, 0.15) is 30.6 Å². The van der Waals surface area contributed by atoms with Crippen LogP contribution in [0.15, 0.2) is 6.33 Å². The number of ether oxygens (including phenoxy) is 1. The van der Waals surface area contributed by atoms with Gasteiger partial charge in [-0.05, 0) is 19.4 Å². The van der Waals surface area contributed by atoms with Gasteiger partial charge in [-0.3, -0.25) is 0 Å². The number of nitrogens with one attached hydrogen (secondary N) is 1. The zero-order valence-corrected chi connectivity index (χ0v) is 8.72. The molecule has 2 aliphatic rings. The van der Waals surface area contributed by atoms with Crippen molar-refractivity contribution in [2.45, 2.75) is 24.8 Å². The van der Waals surface area contributed by atoms with Gasteiger partial charge in [0.15, 0.2) is 0 Å². The van der Waals surface area contributed by atoms with Gasteiger partial charge in [0.2, 0.25) is 0 Å². The van der Waals surface area contributed by atoms with Gasteiger partial charge < -0.3 is 14.6 Å². The molecule has 3 rings (SSSR count). The van der Waals surface area contributed by atoms with Gasteiger partial charge in [-0.15, -0.1) is 10.2 Å². The van der Waals surface area contributed by atoms with Crippen LogP contribution in [0.2, 0.25) is 0 Å². The van der Waals surface area contributed by atoms with Gasteiger partial charge in [0.05, 0.1) is 6.61 Å². The molecule has 82 valence electrons. The molecular formula is C10H16N4O. The molecule has 0 amide bonds. The Hall–Kier alpha value is -0.940. The van der Waals surface area contributed by atoms with Crippen molar-refractivity contribution in [3.05, 3.63) is 12.2 Å². The van der Waals surface area contributed by atoms with E-state index in [4.69, 9.17) is 4.74 Å². The van der Waals surface area contributed by atoms with E-state index in [1.807, 2.05) is 6.33 Å². The zero-order valence-electron chi connectivity index (χ0n) is 8.72. The van der Waals surface area contributed by atoms with Crippen LogP contribution in [0.25, 0.3) is 0 Å². The first-order chi connectivity index (χ1) is 7.45. The topological polar surface area (TPSA) is 52.0 Å². The first-order valence-electron chi connectivity index (χ1n) is 5.63. The maximum atomic E-state index is 5.40. The van der Waals surface area contributed by atoms with Gasteiger partial charge in [-0.2, -0.15) is 0 Å². The van der Waals surface area contributed by atoms with Crippen LogP contribution in [0.3, 0.4) is 0 Å². The number of hydrogen-bond donors (Lipinski definition) is 1. The molecule has 0 spiro atoms. The smallest absolute Gasteiger partial charge is 0.138 e. The molecular weight excluding hydrogens is 192 g/mol. The van der Waals surface area contributed by atoms with Crippen molar-refractivity contribution in [3.63, 3.8) is 0 Å². The number of aromatic nitrogens is 3. The Kier molecular flexibility index (Phi) is 2.42.